The molecule has 0 fully saturated rings. The Hall–Kier alpha value is -3.00. The number of Topliss-reactive ketones (excluding diaryl/α,β-unsaturated/α-hetero) is 1. The molecule has 0 saturated carbocycles. The molecule has 0 spiro atoms. The number of anilines is 1. The van der Waals surface area contributed by atoms with Crippen LogP contribution in [-0.4, -0.2) is 23.8 Å². The molecular weight excluding hydrogens is 335 g/mol. The lowest BCUT2D eigenvalue weighted by Gasteiger charge is -2.07. The zero-order valence-electron chi connectivity index (χ0n) is 12.4. The molecule has 2 aromatic heterocycles. The van der Waals surface area contributed by atoms with E-state index in [0.717, 1.165) is 23.5 Å². The highest BCUT2D eigenvalue weighted by Crippen LogP contribution is 2.26. The minimum atomic E-state index is -0.931. The van der Waals surface area contributed by atoms with Crippen molar-refractivity contribution in [3.05, 3.63) is 53.4 Å². The van der Waals surface area contributed by atoms with E-state index in [9.17, 15) is 14.0 Å². The fraction of sp³-hybridized carbons (Fsp3) is 0.0625. The standard InChI is InChI=1S/C16H11FN2O4S/c1-22-12-5-4-9(17)7-10(12)14(20)15(21)19-16-18-11(8-24-16)13-3-2-6-23-13/h2-8H,1H3,(H,18,19,21). The molecule has 122 valence electrons. The molecule has 1 N–H and O–H groups in total. The molecule has 1 aromatic carbocycles. The summed E-state index contributed by atoms with van der Waals surface area (Å²) in [6.45, 7) is 0. The van der Waals surface area contributed by atoms with Gasteiger partial charge in [0.15, 0.2) is 10.9 Å². The van der Waals surface area contributed by atoms with Gasteiger partial charge < -0.3 is 9.15 Å². The van der Waals surface area contributed by atoms with Crippen molar-refractivity contribution in [3.8, 4) is 17.2 Å². The van der Waals surface area contributed by atoms with Crippen LogP contribution in [0.2, 0.25) is 0 Å². The highest BCUT2D eigenvalue weighted by Gasteiger charge is 2.22. The summed E-state index contributed by atoms with van der Waals surface area (Å²) in [7, 11) is 1.33. The van der Waals surface area contributed by atoms with E-state index < -0.39 is 17.5 Å². The number of hydrogen-bond acceptors (Lipinski definition) is 6. The van der Waals surface area contributed by atoms with Gasteiger partial charge in [-0.1, -0.05) is 0 Å². The maximum absolute atomic E-state index is 13.3. The average Bonchev–Trinajstić information content (AvgIpc) is 3.25. The van der Waals surface area contributed by atoms with Gasteiger partial charge in [-0.05, 0) is 30.3 Å². The molecule has 1 amide bonds. The third kappa shape index (κ3) is 3.18. The number of methoxy groups -OCH3 is 1. The SMILES string of the molecule is COc1ccc(F)cc1C(=O)C(=O)Nc1nc(-c2ccco2)cs1. The number of ketones is 1. The number of nitrogens with one attached hydrogen (secondary N) is 1. The van der Waals surface area contributed by atoms with E-state index >= 15 is 0 Å². The van der Waals surface area contributed by atoms with E-state index in [1.54, 1.807) is 17.5 Å². The summed E-state index contributed by atoms with van der Waals surface area (Å²) in [5.41, 5.74) is 0.383. The van der Waals surface area contributed by atoms with E-state index in [1.165, 1.54) is 19.4 Å². The molecule has 3 rings (SSSR count). The summed E-state index contributed by atoms with van der Waals surface area (Å²) in [6, 6.07) is 6.82. The van der Waals surface area contributed by atoms with E-state index in [2.05, 4.69) is 10.3 Å². The summed E-state index contributed by atoms with van der Waals surface area (Å²) in [5, 5.41) is 4.31. The molecule has 3 aromatic rings. The smallest absolute Gasteiger partial charge is 0.298 e. The molecule has 0 unspecified atom stereocenters. The molecule has 0 radical (unpaired) electrons. The third-order valence-corrected chi connectivity index (χ3v) is 3.87. The number of aromatic nitrogens is 1. The quantitative estimate of drug-likeness (QED) is 0.566. The summed E-state index contributed by atoms with van der Waals surface area (Å²) in [5.74, 6) is -1.82. The Kier molecular flexibility index (Phi) is 4.39. The minimum Gasteiger partial charge on any atom is -0.496 e. The molecule has 0 aliphatic heterocycles. The first-order valence-corrected chi connectivity index (χ1v) is 7.65. The normalized spacial score (nSPS) is 10.4. The van der Waals surface area contributed by atoms with Crippen LogP contribution < -0.4 is 10.1 Å². The summed E-state index contributed by atoms with van der Waals surface area (Å²) < 4.78 is 23.5. The van der Waals surface area contributed by atoms with Gasteiger partial charge in [-0.2, -0.15) is 0 Å². The van der Waals surface area contributed by atoms with Gasteiger partial charge in [-0.3, -0.25) is 14.9 Å². The van der Waals surface area contributed by atoms with Crippen LogP contribution in [0, 0.1) is 5.82 Å². The molecule has 0 atom stereocenters. The average molecular weight is 346 g/mol. The Bertz CT molecular complexity index is 889. The second kappa shape index (κ2) is 6.63. The maximum Gasteiger partial charge on any atom is 0.298 e. The molecule has 8 heteroatoms. The fourth-order valence-electron chi connectivity index (χ4n) is 2.00. The first-order valence-electron chi connectivity index (χ1n) is 6.77. The van der Waals surface area contributed by atoms with Crippen molar-refractivity contribution >= 4 is 28.2 Å². The maximum atomic E-state index is 13.3. The molecular formula is C16H11FN2O4S. The molecule has 0 saturated heterocycles. The van der Waals surface area contributed by atoms with Gasteiger partial charge in [0.05, 0.1) is 18.9 Å². The van der Waals surface area contributed by atoms with Gasteiger partial charge in [-0.15, -0.1) is 11.3 Å². The lowest BCUT2D eigenvalue weighted by molar-refractivity contribution is -0.112. The predicted molar refractivity (Wildman–Crippen MR) is 85.7 cm³/mol. The number of amides is 1. The highest BCUT2D eigenvalue weighted by atomic mass is 32.1. The molecule has 2 heterocycles. The Morgan fingerprint density at radius 2 is 2.17 bits per heavy atom. The van der Waals surface area contributed by atoms with Gasteiger partial charge in [-0.25, -0.2) is 9.37 Å². The number of rotatable bonds is 5. The van der Waals surface area contributed by atoms with Gasteiger partial charge >= 0.3 is 0 Å². The van der Waals surface area contributed by atoms with Gasteiger partial charge in [0.1, 0.15) is 17.3 Å². The van der Waals surface area contributed by atoms with Crippen molar-refractivity contribution in [1.82, 2.24) is 4.98 Å². The van der Waals surface area contributed by atoms with E-state index in [-0.39, 0.29) is 16.4 Å². The lowest BCUT2D eigenvalue weighted by Crippen LogP contribution is -2.23. The van der Waals surface area contributed by atoms with E-state index in [1.807, 2.05) is 0 Å². The van der Waals surface area contributed by atoms with Crippen LogP contribution in [0.25, 0.3) is 11.5 Å². The van der Waals surface area contributed by atoms with Crippen LogP contribution in [0.15, 0.2) is 46.4 Å². The van der Waals surface area contributed by atoms with E-state index in [0.29, 0.717) is 11.5 Å². The Balaban J connectivity index is 1.78. The number of carbonyl (C=O) groups excluding carboxylic acids is 2. The topological polar surface area (TPSA) is 81.4 Å². The van der Waals surface area contributed by atoms with Crippen molar-refractivity contribution < 1.29 is 23.1 Å². The van der Waals surface area contributed by atoms with Crippen LogP contribution in [0.4, 0.5) is 9.52 Å². The number of hydrogen-bond donors (Lipinski definition) is 1. The van der Waals surface area contributed by atoms with Crippen molar-refractivity contribution in [2.45, 2.75) is 0 Å². The van der Waals surface area contributed by atoms with Crippen molar-refractivity contribution in [2.24, 2.45) is 0 Å². The molecule has 24 heavy (non-hydrogen) atoms. The molecule has 0 aliphatic carbocycles. The minimum absolute atomic E-state index is 0.118. The Morgan fingerprint density at radius 3 is 2.88 bits per heavy atom. The second-order valence-corrected chi connectivity index (χ2v) is 5.50. The van der Waals surface area contributed by atoms with Crippen LogP contribution >= 0.6 is 11.3 Å². The first kappa shape index (κ1) is 15.9. The molecule has 6 nitrogen and oxygen atoms in total. The number of carbonyl (C=O) groups is 2. The van der Waals surface area contributed by atoms with Crippen LogP contribution in [0.5, 0.6) is 5.75 Å². The van der Waals surface area contributed by atoms with Gasteiger partial charge in [0.25, 0.3) is 11.7 Å². The van der Waals surface area contributed by atoms with Crippen molar-refractivity contribution in [2.75, 3.05) is 12.4 Å². The van der Waals surface area contributed by atoms with Crippen LogP contribution in [-0.2, 0) is 4.79 Å². The lowest BCUT2D eigenvalue weighted by atomic mass is 10.1. The Morgan fingerprint density at radius 1 is 1.33 bits per heavy atom. The number of nitrogens with zero attached hydrogens (tertiary/aromatic N) is 1. The summed E-state index contributed by atoms with van der Waals surface area (Å²) >= 11 is 1.14. The van der Waals surface area contributed by atoms with Crippen molar-refractivity contribution in [1.29, 1.82) is 0 Å². The third-order valence-electron chi connectivity index (χ3n) is 3.11. The van der Waals surface area contributed by atoms with Crippen LogP contribution in [0.3, 0.4) is 0 Å². The van der Waals surface area contributed by atoms with Crippen molar-refractivity contribution in [3.63, 3.8) is 0 Å². The second-order valence-electron chi connectivity index (χ2n) is 4.64. The fourth-order valence-corrected chi connectivity index (χ4v) is 2.70. The zero-order chi connectivity index (χ0) is 17.1. The monoisotopic (exact) mass is 346 g/mol. The van der Waals surface area contributed by atoms with Crippen LogP contribution in [0.1, 0.15) is 10.4 Å². The van der Waals surface area contributed by atoms with Gasteiger partial charge in [0, 0.05) is 5.38 Å². The van der Waals surface area contributed by atoms with Gasteiger partial charge in [0.2, 0.25) is 0 Å². The first-order chi connectivity index (χ1) is 11.6. The number of ether oxygens (including phenoxy) is 1. The number of halogens is 1. The zero-order valence-corrected chi connectivity index (χ0v) is 13.2. The molecule has 0 bridgehead atoms. The van der Waals surface area contributed by atoms with E-state index in [4.69, 9.17) is 9.15 Å². The number of thiazole rings is 1. The summed E-state index contributed by atoms with van der Waals surface area (Å²) in [4.78, 5) is 28.5. The Labute approximate surface area is 139 Å². The molecule has 0 aliphatic rings. The number of benzene rings is 1. The predicted octanol–water partition coefficient (Wildman–Crippen LogP) is 3.37. The largest absolute Gasteiger partial charge is 0.496 e. The summed E-state index contributed by atoms with van der Waals surface area (Å²) in [6.07, 6.45) is 1.51. The highest BCUT2D eigenvalue weighted by molar-refractivity contribution is 7.14. The number of furan rings is 1.